The summed E-state index contributed by atoms with van der Waals surface area (Å²) >= 11 is 12.0. The SMILES string of the molecule is CNc1nc(-c2ncc(Cl)cc2Cl)nc2c1CCC2. The van der Waals surface area contributed by atoms with Crippen LogP contribution in [-0.4, -0.2) is 22.0 Å². The van der Waals surface area contributed by atoms with E-state index in [1.807, 2.05) is 7.05 Å². The summed E-state index contributed by atoms with van der Waals surface area (Å²) in [6.07, 6.45) is 4.67. The number of pyridine rings is 1. The van der Waals surface area contributed by atoms with Crippen LogP contribution in [0.2, 0.25) is 10.0 Å². The van der Waals surface area contributed by atoms with E-state index >= 15 is 0 Å². The predicted molar refractivity (Wildman–Crippen MR) is 76.9 cm³/mol. The molecule has 0 atom stereocenters. The first-order valence-corrected chi connectivity index (χ1v) is 6.83. The summed E-state index contributed by atoms with van der Waals surface area (Å²) < 4.78 is 0. The van der Waals surface area contributed by atoms with Gasteiger partial charge < -0.3 is 5.32 Å². The molecule has 0 saturated carbocycles. The fourth-order valence-corrected chi connectivity index (χ4v) is 2.79. The van der Waals surface area contributed by atoms with E-state index in [9.17, 15) is 0 Å². The lowest BCUT2D eigenvalue weighted by Crippen LogP contribution is -2.04. The summed E-state index contributed by atoms with van der Waals surface area (Å²) in [6.45, 7) is 0. The van der Waals surface area contributed by atoms with E-state index in [2.05, 4.69) is 20.3 Å². The number of hydrogen-bond donors (Lipinski definition) is 1. The second-order valence-corrected chi connectivity index (χ2v) is 5.25. The lowest BCUT2D eigenvalue weighted by Gasteiger charge is -2.10. The molecule has 1 aliphatic rings. The predicted octanol–water partition coefficient (Wildman–Crippen LogP) is 3.38. The van der Waals surface area contributed by atoms with Gasteiger partial charge in [0.25, 0.3) is 0 Å². The van der Waals surface area contributed by atoms with Gasteiger partial charge in [-0.25, -0.2) is 15.0 Å². The molecule has 2 aromatic rings. The van der Waals surface area contributed by atoms with Gasteiger partial charge in [-0.05, 0) is 25.3 Å². The molecule has 2 heterocycles. The normalized spacial score (nSPS) is 13.4. The Balaban J connectivity index is 2.15. The Morgan fingerprint density at radius 3 is 2.79 bits per heavy atom. The Morgan fingerprint density at radius 1 is 1.21 bits per heavy atom. The molecule has 2 aromatic heterocycles. The minimum atomic E-state index is 0.465. The first-order valence-electron chi connectivity index (χ1n) is 6.08. The number of hydrogen-bond acceptors (Lipinski definition) is 4. The van der Waals surface area contributed by atoms with Crippen LogP contribution in [0.4, 0.5) is 5.82 Å². The van der Waals surface area contributed by atoms with E-state index in [0.29, 0.717) is 21.6 Å². The highest BCUT2D eigenvalue weighted by atomic mass is 35.5. The van der Waals surface area contributed by atoms with Crippen LogP contribution in [0.15, 0.2) is 12.3 Å². The van der Waals surface area contributed by atoms with Gasteiger partial charge in [0.2, 0.25) is 0 Å². The van der Waals surface area contributed by atoms with Gasteiger partial charge in [-0.2, -0.15) is 0 Å². The van der Waals surface area contributed by atoms with Crippen LogP contribution in [0.1, 0.15) is 17.7 Å². The summed E-state index contributed by atoms with van der Waals surface area (Å²) in [6, 6.07) is 1.65. The second-order valence-electron chi connectivity index (χ2n) is 4.41. The molecule has 19 heavy (non-hydrogen) atoms. The van der Waals surface area contributed by atoms with Crippen molar-refractivity contribution >= 4 is 29.0 Å². The Bertz CT molecular complexity index is 643. The number of anilines is 1. The monoisotopic (exact) mass is 294 g/mol. The summed E-state index contributed by atoms with van der Waals surface area (Å²) in [7, 11) is 1.86. The Labute approximate surface area is 121 Å². The molecule has 0 aliphatic heterocycles. The highest BCUT2D eigenvalue weighted by molar-refractivity contribution is 6.35. The molecule has 6 heteroatoms. The van der Waals surface area contributed by atoms with E-state index in [4.69, 9.17) is 23.2 Å². The molecule has 1 aliphatic carbocycles. The molecule has 0 bridgehead atoms. The van der Waals surface area contributed by atoms with Crippen LogP contribution < -0.4 is 5.32 Å². The van der Waals surface area contributed by atoms with Gasteiger partial charge in [0.15, 0.2) is 5.82 Å². The van der Waals surface area contributed by atoms with Crippen molar-refractivity contribution in [2.24, 2.45) is 0 Å². The maximum Gasteiger partial charge on any atom is 0.181 e. The topological polar surface area (TPSA) is 50.7 Å². The maximum atomic E-state index is 6.16. The van der Waals surface area contributed by atoms with Gasteiger partial charge in [-0.15, -0.1) is 0 Å². The number of nitrogens with zero attached hydrogens (tertiary/aromatic N) is 3. The number of halogens is 2. The molecule has 3 rings (SSSR count). The number of fused-ring (bicyclic) bond motifs is 1. The molecule has 0 fully saturated rings. The second kappa shape index (κ2) is 4.94. The van der Waals surface area contributed by atoms with Crippen LogP contribution in [0, 0.1) is 0 Å². The van der Waals surface area contributed by atoms with Gasteiger partial charge in [-0.1, -0.05) is 23.2 Å². The molecule has 0 unspecified atom stereocenters. The molecule has 0 aromatic carbocycles. The zero-order valence-electron chi connectivity index (χ0n) is 10.4. The molecular weight excluding hydrogens is 283 g/mol. The summed E-state index contributed by atoms with van der Waals surface area (Å²) in [4.78, 5) is 13.3. The van der Waals surface area contributed by atoms with Crippen LogP contribution in [0.25, 0.3) is 11.5 Å². The van der Waals surface area contributed by atoms with Crippen molar-refractivity contribution < 1.29 is 0 Å². The Kier molecular flexibility index (Phi) is 3.29. The van der Waals surface area contributed by atoms with Crippen molar-refractivity contribution in [3.8, 4) is 11.5 Å². The summed E-state index contributed by atoms with van der Waals surface area (Å²) in [5.74, 6) is 1.41. The van der Waals surface area contributed by atoms with Crippen molar-refractivity contribution in [1.29, 1.82) is 0 Å². The third-order valence-corrected chi connectivity index (χ3v) is 3.68. The van der Waals surface area contributed by atoms with Gasteiger partial charge in [0.05, 0.1) is 10.0 Å². The minimum Gasteiger partial charge on any atom is -0.373 e. The largest absolute Gasteiger partial charge is 0.373 e. The zero-order chi connectivity index (χ0) is 13.4. The standard InChI is InChI=1S/C13H12Cl2N4/c1-16-12-8-3-2-4-10(8)18-13(19-12)11-9(15)5-7(14)6-17-11/h5-6H,2-4H2,1H3,(H,16,18,19). The quantitative estimate of drug-likeness (QED) is 0.922. The number of nitrogens with one attached hydrogen (secondary N) is 1. The van der Waals surface area contributed by atoms with Crippen molar-refractivity contribution in [1.82, 2.24) is 15.0 Å². The summed E-state index contributed by atoms with van der Waals surface area (Å²) in [5, 5.41) is 4.09. The molecule has 0 radical (unpaired) electrons. The van der Waals surface area contributed by atoms with E-state index in [0.717, 1.165) is 30.8 Å². The average molecular weight is 295 g/mol. The average Bonchev–Trinajstić information content (AvgIpc) is 2.85. The van der Waals surface area contributed by atoms with Crippen molar-refractivity contribution in [3.05, 3.63) is 33.6 Å². The van der Waals surface area contributed by atoms with E-state index in [-0.39, 0.29) is 0 Å². The first-order chi connectivity index (χ1) is 9.19. The van der Waals surface area contributed by atoms with E-state index in [1.54, 1.807) is 12.3 Å². The number of rotatable bonds is 2. The lowest BCUT2D eigenvalue weighted by molar-refractivity contribution is 0.899. The molecule has 0 spiro atoms. The van der Waals surface area contributed by atoms with Crippen molar-refractivity contribution in [2.75, 3.05) is 12.4 Å². The first kappa shape index (κ1) is 12.6. The smallest absolute Gasteiger partial charge is 0.181 e. The zero-order valence-corrected chi connectivity index (χ0v) is 11.9. The van der Waals surface area contributed by atoms with Crippen LogP contribution in [0.5, 0.6) is 0 Å². The van der Waals surface area contributed by atoms with Crippen LogP contribution >= 0.6 is 23.2 Å². The Morgan fingerprint density at radius 2 is 2.05 bits per heavy atom. The molecule has 1 N–H and O–H groups in total. The number of aryl methyl sites for hydroxylation is 1. The van der Waals surface area contributed by atoms with E-state index < -0.39 is 0 Å². The van der Waals surface area contributed by atoms with Gasteiger partial charge in [0, 0.05) is 24.5 Å². The van der Waals surface area contributed by atoms with Crippen molar-refractivity contribution in [2.45, 2.75) is 19.3 Å². The van der Waals surface area contributed by atoms with Crippen LogP contribution in [-0.2, 0) is 12.8 Å². The summed E-state index contributed by atoms with van der Waals surface area (Å²) in [5.41, 5.74) is 2.86. The maximum absolute atomic E-state index is 6.16. The third-order valence-electron chi connectivity index (χ3n) is 3.19. The fourth-order valence-electron chi connectivity index (χ4n) is 2.32. The molecule has 98 valence electrons. The van der Waals surface area contributed by atoms with Crippen LogP contribution in [0.3, 0.4) is 0 Å². The lowest BCUT2D eigenvalue weighted by atomic mass is 10.2. The van der Waals surface area contributed by atoms with Crippen molar-refractivity contribution in [3.63, 3.8) is 0 Å². The van der Waals surface area contributed by atoms with Gasteiger partial charge >= 0.3 is 0 Å². The minimum absolute atomic E-state index is 0.465. The molecular formula is C13H12Cl2N4. The fraction of sp³-hybridized carbons (Fsp3) is 0.308. The molecule has 0 amide bonds. The highest BCUT2D eigenvalue weighted by Crippen LogP contribution is 2.31. The third kappa shape index (κ3) is 2.26. The molecule has 4 nitrogen and oxygen atoms in total. The number of aromatic nitrogens is 3. The van der Waals surface area contributed by atoms with E-state index in [1.165, 1.54) is 5.56 Å². The van der Waals surface area contributed by atoms with Gasteiger partial charge in [0.1, 0.15) is 11.5 Å². The highest BCUT2D eigenvalue weighted by Gasteiger charge is 2.20. The Hall–Kier alpha value is -1.39. The molecule has 0 saturated heterocycles. The van der Waals surface area contributed by atoms with Gasteiger partial charge in [-0.3, -0.25) is 0 Å².